The fourth-order valence-corrected chi connectivity index (χ4v) is 4.03. The van der Waals surface area contributed by atoms with Gasteiger partial charge in [-0.05, 0) is 31.0 Å². The lowest BCUT2D eigenvalue weighted by atomic mass is 10.1. The third kappa shape index (κ3) is 3.48. The van der Waals surface area contributed by atoms with E-state index in [9.17, 15) is 9.18 Å². The highest BCUT2D eigenvalue weighted by Gasteiger charge is 2.33. The fraction of sp³-hybridized carbons (Fsp3) is 0.250. The van der Waals surface area contributed by atoms with E-state index >= 15 is 0 Å². The third-order valence-corrected chi connectivity index (χ3v) is 5.57. The Balaban J connectivity index is 1.47. The zero-order valence-corrected chi connectivity index (χ0v) is 17.2. The monoisotopic (exact) mass is 441 g/mol. The van der Waals surface area contributed by atoms with Gasteiger partial charge in [0.2, 0.25) is 5.95 Å². The maximum atomic E-state index is 14.2. The van der Waals surface area contributed by atoms with Gasteiger partial charge in [-0.25, -0.2) is 9.37 Å². The van der Waals surface area contributed by atoms with E-state index in [-0.39, 0.29) is 17.2 Å². The summed E-state index contributed by atoms with van der Waals surface area (Å²) >= 11 is 6.00. The number of anilines is 1. The summed E-state index contributed by atoms with van der Waals surface area (Å²) < 4.78 is 21.4. The smallest absolute Gasteiger partial charge is 0.251 e. The number of H-pyrrole nitrogens is 1. The first-order valence-electron chi connectivity index (χ1n) is 9.64. The summed E-state index contributed by atoms with van der Waals surface area (Å²) in [7, 11) is 1.82. The summed E-state index contributed by atoms with van der Waals surface area (Å²) in [6, 6.07) is 7.29. The van der Waals surface area contributed by atoms with Gasteiger partial charge in [0.1, 0.15) is 17.2 Å². The molecule has 0 aliphatic carbocycles. The van der Waals surface area contributed by atoms with Crippen LogP contribution in [0.15, 0.2) is 46.0 Å². The summed E-state index contributed by atoms with van der Waals surface area (Å²) in [6.45, 7) is 0.743. The Hall–Kier alpha value is -3.53. The van der Waals surface area contributed by atoms with Crippen LogP contribution in [0.3, 0.4) is 0 Å². The molecule has 0 saturated carbocycles. The molecule has 4 aromatic rings. The van der Waals surface area contributed by atoms with Crippen molar-refractivity contribution < 1.29 is 8.91 Å². The molecule has 1 aromatic carbocycles. The quantitative estimate of drug-likeness (QED) is 0.517. The SMILES string of the molecule is Cn1c(-c2cc(=O)[nH]cn2)nnc1N1CCCC1c1cc(-c2cc(Cl)ccc2F)on1. The molecule has 1 atom stereocenters. The summed E-state index contributed by atoms with van der Waals surface area (Å²) in [5, 5.41) is 13.1. The van der Waals surface area contributed by atoms with Crippen LogP contribution < -0.4 is 10.5 Å². The van der Waals surface area contributed by atoms with Crippen LogP contribution in [-0.2, 0) is 7.05 Å². The van der Waals surface area contributed by atoms with E-state index in [2.05, 4.69) is 30.2 Å². The van der Waals surface area contributed by atoms with Gasteiger partial charge in [-0.15, -0.1) is 10.2 Å². The minimum Gasteiger partial charge on any atom is -0.356 e. The molecule has 0 spiro atoms. The molecule has 1 saturated heterocycles. The Kier molecular flexibility index (Phi) is 4.78. The zero-order valence-electron chi connectivity index (χ0n) is 16.4. The average molecular weight is 442 g/mol. The second-order valence-electron chi connectivity index (χ2n) is 7.27. The van der Waals surface area contributed by atoms with Gasteiger partial charge in [0.15, 0.2) is 11.6 Å². The van der Waals surface area contributed by atoms with Gasteiger partial charge in [-0.3, -0.25) is 9.36 Å². The van der Waals surface area contributed by atoms with Crippen molar-refractivity contribution in [2.75, 3.05) is 11.4 Å². The molecule has 0 amide bonds. The van der Waals surface area contributed by atoms with Crippen molar-refractivity contribution in [1.29, 1.82) is 0 Å². The lowest BCUT2D eigenvalue weighted by molar-refractivity contribution is 0.414. The molecule has 5 rings (SSSR count). The van der Waals surface area contributed by atoms with Crippen LogP contribution in [-0.4, -0.2) is 36.4 Å². The Labute approximate surface area is 180 Å². The van der Waals surface area contributed by atoms with Gasteiger partial charge in [0.25, 0.3) is 5.56 Å². The summed E-state index contributed by atoms with van der Waals surface area (Å²) in [6.07, 6.45) is 3.08. The number of nitrogens with zero attached hydrogens (tertiary/aromatic N) is 6. The molecule has 4 heterocycles. The van der Waals surface area contributed by atoms with Gasteiger partial charge in [-0.2, -0.15) is 0 Å². The highest BCUT2D eigenvalue weighted by Crippen LogP contribution is 2.37. The largest absolute Gasteiger partial charge is 0.356 e. The Morgan fingerprint density at radius 1 is 1.26 bits per heavy atom. The van der Waals surface area contributed by atoms with Crippen LogP contribution in [0.1, 0.15) is 24.6 Å². The number of hydrogen-bond donors (Lipinski definition) is 1. The molecule has 1 fully saturated rings. The summed E-state index contributed by atoms with van der Waals surface area (Å²) in [4.78, 5) is 20.3. The second kappa shape index (κ2) is 7.62. The maximum absolute atomic E-state index is 14.2. The highest BCUT2D eigenvalue weighted by atomic mass is 35.5. The molecule has 1 unspecified atom stereocenters. The van der Waals surface area contributed by atoms with Crippen molar-refractivity contribution in [2.24, 2.45) is 7.05 Å². The summed E-state index contributed by atoms with van der Waals surface area (Å²) in [5.41, 5.74) is 1.10. The van der Waals surface area contributed by atoms with E-state index in [4.69, 9.17) is 16.1 Å². The molecule has 0 bridgehead atoms. The third-order valence-electron chi connectivity index (χ3n) is 5.33. The van der Waals surface area contributed by atoms with Crippen molar-refractivity contribution in [1.82, 2.24) is 29.9 Å². The average Bonchev–Trinajstić information content (AvgIpc) is 3.48. The van der Waals surface area contributed by atoms with Crippen molar-refractivity contribution in [2.45, 2.75) is 18.9 Å². The molecule has 158 valence electrons. The van der Waals surface area contributed by atoms with Gasteiger partial charge in [-0.1, -0.05) is 16.8 Å². The molecule has 1 aliphatic rings. The molecule has 1 aliphatic heterocycles. The standard InChI is InChI=1S/C20H17ClFN7O2/c1-28-19(15-9-18(30)24-10-23-15)25-26-20(28)29-6-2-3-16(29)14-8-17(31-27-14)12-7-11(21)4-5-13(12)22/h4-5,7-10,16H,2-3,6H2,1H3,(H,23,24,30). The van der Waals surface area contributed by atoms with Crippen LogP contribution in [0.5, 0.6) is 0 Å². The number of nitrogens with one attached hydrogen (secondary N) is 1. The van der Waals surface area contributed by atoms with Crippen LogP contribution in [0, 0.1) is 5.82 Å². The first kappa shape index (κ1) is 19.4. The van der Waals surface area contributed by atoms with Crippen molar-refractivity contribution in [3.8, 4) is 22.8 Å². The predicted molar refractivity (Wildman–Crippen MR) is 111 cm³/mol. The second-order valence-corrected chi connectivity index (χ2v) is 7.71. The van der Waals surface area contributed by atoms with Crippen LogP contribution in [0.2, 0.25) is 5.02 Å². The van der Waals surface area contributed by atoms with E-state index in [1.807, 2.05) is 7.05 Å². The van der Waals surface area contributed by atoms with Crippen LogP contribution in [0.4, 0.5) is 10.3 Å². The zero-order chi connectivity index (χ0) is 21.5. The van der Waals surface area contributed by atoms with E-state index in [0.29, 0.717) is 33.9 Å². The topological polar surface area (TPSA) is 106 Å². The van der Waals surface area contributed by atoms with Crippen LogP contribution >= 0.6 is 11.6 Å². The van der Waals surface area contributed by atoms with Crippen molar-refractivity contribution >= 4 is 17.5 Å². The molecule has 0 radical (unpaired) electrons. The van der Waals surface area contributed by atoms with E-state index < -0.39 is 5.82 Å². The first-order valence-corrected chi connectivity index (χ1v) is 10.0. The maximum Gasteiger partial charge on any atom is 0.251 e. The first-order chi connectivity index (χ1) is 15.0. The van der Waals surface area contributed by atoms with Gasteiger partial charge >= 0.3 is 0 Å². The number of aromatic amines is 1. The normalized spacial score (nSPS) is 16.2. The molecule has 3 aromatic heterocycles. The van der Waals surface area contributed by atoms with E-state index in [0.717, 1.165) is 19.4 Å². The van der Waals surface area contributed by atoms with Crippen molar-refractivity contribution in [3.63, 3.8) is 0 Å². The number of halogens is 2. The lowest BCUT2D eigenvalue weighted by Gasteiger charge is -2.23. The summed E-state index contributed by atoms with van der Waals surface area (Å²) in [5.74, 6) is 0.985. The number of aromatic nitrogens is 6. The molecule has 11 heteroatoms. The van der Waals surface area contributed by atoms with Gasteiger partial charge < -0.3 is 14.4 Å². The fourth-order valence-electron chi connectivity index (χ4n) is 3.86. The van der Waals surface area contributed by atoms with Crippen molar-refractivity contribution in [3.05, 3.63) is 63.5 Å². The number of hydrogen-bond acceptors (Lipinski definition) is 7. The molecule has 1 N–H and O–H groups in total. The minimum absolute atomic E-state index is 0.109. The number of rotatable bonds is 4. The molecule has 9 nitrogen and oxygen atoms in total. The Morgan fingerprint density at radius 2 is 2.13 bits per heavy atom. The van der Waals surface area contributed by atoms with Gasteiger partial charge in [0.05, 0.1) is 17.9 Å². The molecular formula is C20H17ClFN7O2. The van der Waals surface area contributed by atoms with Gasteiger partial charge in [0, 0.05) is 30.7 Å². The Bertz CT molecular complexity index is 1310. The molecule has 31 heavy (non-hydrogen) atoms. The van der Waals surface area contributed by atoms with E-state index in [1.165, 1.54) is 30.6 Å². The lowest BCUT2D eigenvalue weighted by Crippen LogP contribution is -2.25. The molecular weight excluding hydrogens is 425 g/mol. The Morgan fingerprint density at radius 3 is 2.97 bits per heavy atom. The highest BCUT2D eigenvalue weighted by molar-refractivity contribution is 6.30. The minimum atomic E-state index is -0.432. The number of benzene rings is 1. The van der Waals surface area contributed by atoms with Crippen LogP contribution in [0.25, 0.3) is 22.8 Å². The van der Waals surface area contributed by atoms with E-state index in [1.54, 1.807) is 10.6 Å². The predicted octanol–water partition coefficient (Wildman–Crippen LogP) is 3.35.